The minimum absolute atomic E-state index is 0.279. The maximum atomic E-state index is 12.2. The molecule has 0 bridgehead atoms. The lowest BCUT2D eigenvalue weighted by molar-refractivity contribution is -0.00765. The van der Waals surface area contributed by atoms with Crippen LogP contribution in [0.1, 0.15) is 34.9 Å². The zero-order valence-corrected chi connectivity index (χ0v) is 23.0. The number of hydrogen-bond acceptors (Lipinski definition) is 7. The third kappa shape index (κ3) is 7.04. The van der Waals surface area contributed by atoms with E-state index in [0.29, 0.717) is 41.8 Å². The lowest BCUT2D eigenvalue weighted by atomic mass is 10.2. The molecule has 4 aromatic rings. The summed E-state index contributed by atoms with van der Waals surface area (Å²) in [6.07, 6.45) is -0.0113. The average molecular weight is 561 g/mol. The predicted octanol–water partition coefficient (Wildman–Crippen LogP) is 4.58. The fourth-order valence-electron chi connectivity index (χ4n) is 4.47. The van der Waals surface area contributed by atoms with Crippen LogP contribution in [0.15, 0.2) is 94.6 Å². The van der Waals surface area contributed by atoms with Gasteiger partial charge >= 0.3 is 5.69 Å². The van der Waals surface area contributed by atoms with Gasteiger partial charge in [0.25, 0.3) is 5.56 Å². The highest BCUT2D eigenvalue weighted by Crippen LogP contribution is 2.33. The highest BCUT2D eigenvalue weighted by Gasteiger charge is 2.35. The quantitative estimate of drug-likeness (QED) is 0.277. The van der Waals surface area contributed by atoms with Crippen molar-refractivity contribution >= 4 is 11.8 Å². The normalized spacial score (nSPS) is 18.5. The second-order valence-electron chi connectivity index (χ2n) is 9.76. The number of aromatic amines is 1. The average Bonchev–Trinajstić information content (AvgIpc) is 3.34. The molecule has 1 fully saturated rings. The molecule has 40 heavy (non-hydrogen) atoms. The summed E-state index contributed by atoms with van der Waals surface area (Å²) in [7, 11) is 0. The van der Waals surface area contributed by atoms with E-state index in [1.54, 1.807) is 18.7 Å². The van der Waals surface area contributed by atoms with Crippen molar-refractivity contribution in [3.63, 3.8) is 0 Å². The number of aliphatic hydroxyl groups is 1. The van der Waals surface area contributed by atoms with Crippen LogP contribution in [0.5, 0.6) is 11.5 Å². The van der Waals surface area contributed by atoms with Gasteiger partial charge in [-0.15, -0.1) is 0 Å². The van der Waals surface area contributed by atoms with Crippen molar-refractivity contribution in [2.24, 2.45) is 0 Å². The number of nitrogens with one attached hydrogen (secondary N) is 1. The molecule has 208 valence electrons. The van der Waals surface area contributed by atoms with Gasteiger partial charge in [-0.25, -0.2) is 4.79 Å². The molecular weight excluding hydrogens is 528 g/mol. The minimum atomic E-state index is -0.713. The topological polar surface area (TPSA) is 103 Å². The third-order valence-electron chi connectivity index (χ3n) is 6.69. The number of H-pyrrole nitrogens is 1. The summed E-state index contributed by atoms with van der Waals surface area (Å²) in [6.45, 7) is 2.49. The molecule has 9 heteroatoms. The summed E-state index contributed by atoms with van der Waals surface area (Å²) in [5.74, 6) is 2.56. The highest BCUT2D eigenvalue weighted by atomic mass is 32.2. The SMILES string of the molecule is Cc1cn([C@H]2C[C@H](O)[C@@H](CSCc3ccc(OCc4ccccc4)c(OCc4ccccc4)c3)O2)c(=O)[nH]c1=O. The van der Waals surface area contributed by atoms with Crippen LogP contribution in [-0.2, 0) is 23.7 Å². The van der Waals surface area contributed by atoms with Gasteiger partial charge in [-0.1, -0.05) is 66.7 Å². The predicted molar refractivity (Wildman–Crippen MR) is 155 cm³/mol. The number of aryl methyl sites for hydroxylation is 1. The number of aliphatic hydroxyl groups excluding tert-OH is 1. The van der Waals surface area contributed by atoms with E-state index in [2.05, 4.69) is 4.98 Å². The smallest absolute Gasteiger partial charge is 0.330 e. The highest BCUT2D eigenvalue weighted by molar-refractivity contribution is 7.98. The molecule has 2 N–H and O–H groups in total. The Morgan fingerprint density at radius 2 is 1.57 bits per heavy atom. The fraction of sp³-hybridized carbons (Fsp3) is 0.290. The molecule has 1 aromatic heterocycles. The van der Waals surface area contributed by atoms with Crippen molar-refractivity contribution in [2.75, 3.05) is 5.75 Å². The lowest BCUT2D eigenvalue weighted by Gasteiger charge is -2.17. The first kappa shape index (κ1) is 27.8. The van der Waals surface area contributed by atoms with Crippen molar-refractivity contribution in [2.45, 2.75) is 50.7 Å². The van der Waals surface area contributed by atoms with E-state index >= 15 is 0 Å². The van der Waals surface area contributed by atoms with E-state index in [9.17, 15) is 14.7 Å². The van der Waals surface area contributed by atoms with Gasteiger partial charge in [0.05, 0.1) is 12.2 Å². The Labute approximate surface area is 236 Å². The zero-order chi connectivity index (χ0) is 27.9. The number of rotatable bonds is 11. The Bertz CT molecular complexity index is 1520. The maximum absolute atomic E-state index is 12.2. The molecular formula is C31H32N2O6S. The van der Waals surface area contributed by atoms with E-state index < -0.39 is 29.7 Å². The van der Waals surface area contributed by atoms with Crippen molar-refractivity contribution in [1.29, 1.82) is 0 Å². The molecule has 1 aliphatic rings. The molecule has 1 saturated heterocycles. The molecule has 0 spiro atoms. The number of aromatic nitrogens is 2. The monoisotopic (exact) mass is 560 g/mol. The van der Waals surface area contributed by atoms with Crippen molar-refractivity contribution < 1.29 is 19.3 Å². The number of thioether (sulfide) groups is 1. The summed E-state index contributed by atoms with van der Waals surface area (Å²) in [4.78, 5) is 26.2. The Morgan fingerprint density at radius 1 is 0.925 bits per heavy atom. The third-order valence-corrected chi connectivity index (χ3v) is 7.80. The van der Waals surface area contributed by atoms with Crippen molar-refractivity contribution in [1.82, 2.24) is 9.55 Å². The van der Waals surface area contributed by atoms with E-state index in [1.807, 2.05) is 78.9 Å². The van der Waals surface area contributed by atoms with E-state index in [-0.39, 0.29) is 6.42 Å². The number of hydrogen-bond donors (Lipinski definition) is 2. The Balaban J connectivity index is 1.22. The van der Waals surface area contributed by atoms with Crippen LogP contribution in [0.25, 0.3) is 0 Å². The van der Waals surface area contributed by atoms with Gasteiger partial charge in [0.1, 0.15) is 19.4 Å². The lowest BCUT2D eigenvalue weighted by Crippen LogP contribution is -2.33. The first-order chi connectivity index (χ1) is 19.5. The Morgan fingerprint density at radius 3 is 2.25 bits per heavy atom. The summed E-state index contributed by atoms with van der Waals surface area (Å²) in [5, 5.41) is 10.6. The van der Waals surface area contributed by atoms with Crippen molar-refractivity contribution in [3.8, 4) is 11.5 Å². The minimum Gasteiger partial charge on any atom is -0.485 e. The van der Waals surface area contributed by atoms with Crippen LogP contribution < -0.4 is 20.7 Å². The molecule has 0 radical (unpaired) electrons. The standard InChI is InChI=1S/C31H32N2O6S/c1-21-16-33(31(36)32-30(21)35)29-15-25(34)28(39-29)20-40-19-24-12-13-26(37-17-22-8-4-2-5-9-22)27(14-24)38-18-23-10-6-3-7-11-23/h2-14,16,25,28-29,34H,15,17-20H2,1H3,(H,32,35,36)/t25-,28+,29+/m0/s1. The molecule has 2 heterocycles. The van der Waals surface area contributed by atoms with Gasteiger partial charge in [0, 0.05) is 29.7 Å². The molecule has 0 unspecified atom stereocenters. The molecule has 3 atom stereocenters. The van der Waals surface area contributed by atoms with Gasteiger partial charge < -0.3 is 19.3 Å². The second-order valence-corrected chi connectivity index (χ2v) is 10.8. The summed E-state index contributed by atoms with van der Waals surface area (Å²) in [6, 6.07) is 25.9. The van der Waals surface area contributed by atoms with Crippen molar-refractivity contribution in [3.05, 3.63) is 128 Å². The zero-order valence-electron chi connectivity index (χ0n) is 22.2. The van der Waals surface area contributed by atoms with Gasteiger partial charge in [0.15, 0.2) is 11.5 Å². The molecule has 0 aliphatic carbocycles. The summed E-state index contributed by atoms with van der Waals surface area (Å²) >= 11 is 1.63. The van der Waals surface area contributed by atoms with Gasteiger partial charge in [-0.05, 0) is 35.7 Å². The Hall–Kier alpha value is -3.79. The van der Waals surface area contributed by atoms with Gasteiger partial charge in [-0.2, -0.15) is 11.8 Å². The van der Waals surface area contributed by atoms with Gasteiger partial charge in [-0.3, -0.25) is 14.3 Å². The maximum Gasteiger partial charge on any atom is 0.330 e. The largest absolute Gasteiger partial charge is 0.485 e. The first-order valence-corrected chi connectivity index (χ1v) is 14.3. The molecule has 1 aliphatic heterocycles. The molecule has 3 aromatic carbocycles. The number of nitrogens with zero attached hydrogens (tertiary/aromatic N) is 1. The number of ether oxygens (including phenoxy) is 3. The van der Waals surface area contributed by atoms with Crippen LogP contribution in [0, 0.1) is 6.92 Å². The van der Waals surface area contributed by atoms with Crippen LogP contribution in [0.3, 0.4) is 0 Å². The number of benzene rings is 3. The molecule has 0 saturated carbocycles. The van der Waals surface area contributed by atoms with Crippen LogP contribution >= 0.6 is 11.8 Å². The summed E-state index contributed by atoms with van der Waals surface area (Å²) in [5.41, 5.74) is 2.64. The molecule has 5 rings (SSSR count). The van der Waals surface area contributed by atoms with Crippen LogP contribution in [0.4, 0.5) is 0 Å². The van der Waals surface area contributed by atoms with Crippen LogP contribution in [0.2, 0.25) is 0 Å². The molecule has 8 nitrogen and oxygen atoms in total. The van der Waals surface area contributed by atoms with Crippen LogP contribution in [-0.4, -0.2) is 32.6 Å². The second kappa shape index (κ2) is 13.0. The van der Waals surface area contributed by atoms with E-state index in [4.69, 9.17) is 14.2 Å². The van der Waals surface area contributed by atoms with Gasteiger partial charge in [0.2, 0.25) is 0 Å². The fourth-order valence-corrected chi connectivity index (χ4v) is 5.54. The molecule has 0 amide bonds. The van der Waals surface area contributed by atoms with E-state index in [0.717, 1.165) is 16.7 Å². The van der Waals surface area contributed by atoms with E-state index in [1.165, 1.54) is 10.8 Å². The summed E-state index contributed by atoms with van der Waals surface area (Å²) < 4.78 is 19.6. The Kier molecular flexibility index (Phi) is 9.05. The first-order valence-electron chi connectivity index (χ1n) is 13.2.